The van der Waals surface area contributed by atoms with E-state index in [4.69, 9.17) is 9.79 Å². The Hall–Kier alpha value is 0.170. The van der Waals surface area contributed by atoms with Gasteiger partial charge in [-0.2, -0.15) is 0 Å². The lowest BCUT2D eigenvalue weighted by Crippen LogP contribution is -1.75. The Bertz CT molecular complexity index is 126. The van der Waals surface area contributed by atoms with E-state index in [1.165, 1.54) is 4.99 Å². The third-order valence-electron chi connectivity index (χ3n) is 0.250. The molecule has 0 atom stereocenters. The van der Waals surface area contributed by atoms with Crippen LogP contribution in [0.1, 0.15) is 0 Å². The Morgan fingerprint density at radius 2 is 2.12 bits per heavy atom. The summed E-state index contributed by atoms with van der Waals surface area (Å²) in [5.41, 5.74) is 0. The lowest BCUT2D eigenvalue weighted by molar-refractivity contribution is 0.259. The van der Waals surface area contributed by atoms with Crippen molar-refractivity contribution < 1.29 is 18.9 Å². The predicted molar refractivity (Wildman–Crippen MR) is 31.2 cm³/mol. The van der Waals surface area contributed by atoms with E-state index < -0.39 is 7.82 Å². The SMILES string of the molecule is O=P(O)(O)OC=CBr. The van der Waals surface area contributed by atoms with Crippen LogP contribution in [0.5, 0.6) is 0 Å². The molecule has 48 valence electrons. The first-order valence-corrected chi connectivity index (χ1v) is 4.00. The molecule has 0 spiro atoms. The summed E-state index contributed by atoms with van der Waals surface area (Å²) in [5, 5.41) is 0. The molecule has 0 aromatic rings. The molecule has 0 rings (SSSR count). The van der Waals surface area contributed by atoms with Gasteiger partial charge in [0.1, 0.15) is 6.26 Å². The van der Waals surface area contributed by atoms with Gasteiger partial charge in [0.15, 0.2) is 0 Å². The zero-order valence-corrected chi connectivity index (χ0v) is 6.17. The summed E-state index contributed by atoms with van der Waals surface area (Å²) in [7, 11) is -4.30. The number of phosphoric acid groups is 1. The number of rotatable bonds is 2. The van der Waals surface area contributed by atoms with E-state index in [9.17, 15) is 4.57 Å². The molecule has 0 unspecified atom stereocenters. The molecule has 6 heteroatoms. The van der Waals surface area contributed by atoms with Crippen molar-refractivity contribution in [1.29, 1.82) is 0 Å². The van der Waals surface area contributed by atoms with Crippen LogP contribution < -0.4 is 0 Å². The highest BCUT2D eigenvalue weighted by molar-refractivity contribution is 9.11. The summed E-state index contributed by atoms with van der Waals surface area (Å²) in [6.07, 6.45) is 0.862. The summed E-state index contributed by atoms with van der Waals surface area (Å²) in [5.74, 6) is 0. The molecular weight excluding hydrogens is 199 g/mol. The molecule has 0 aliphatic rings. The van der Waals surface area contributed by atoms with Gasteiger partial charge in [-0.25, -0.2) is 4.57 Å². The fraction of sp³-hybridized carbons (Fsp3) is 0. The van der Waals surface area contributed by atoms with E-state index in [-0.39, 0.29) is 0 Å². The van der Waals surface area contributed by atoms with Crippen LogP contribution in [-0.2, 0) is 9.09 Å². The molecule has 0 aromatic carbocycles. The fourth-order valence-corrected chi connectivity index (χ4v) is 0.596. The smallest absolute Gasteiger partial charge is 0.412 e. The highest BCUT2D eigenvalue weighted by Gasteiger charge is 2.10. The largest absolute Gasteiger partial charge is 0.524 e. The van der Waals surface area contributed by atoms with E-state index in [1.807, 2.05) is 0 Å². The fourth-order valence-electron chi connectivity index (χ4n) is 0.102. The van der Waals surface area contributed by atoms with Gasteiger partial charge in [0.25, 0.3) is 0 Å². The normalized spacial score (nSPS) is 12.4. The zero-order valence-electron chi connectivity index (χ0n) is 3.69. The minimum absolute atomic E-state index is 0.862. The maximum absolute atomic E-state index is 9.79. The topological polar surface area (TPSA) is 66.8 Å². The molecule has 0 bridgehead atoms. The molecule has 4 nitrogen and oxygen atoms in total. The summed E-state index contributed by atoms with van der Waals surface area (Å²) < 4.78 is 13.6. The number of phosphoric ester groups is 1. The van der Waals surface area contributed by atoms with E-state index in [0.29, 0.717) is 0 Å². The summed E-state index contributed by atoms with van der Waals surface area (Å²) in [6, 6.07) is 0. The van der Waals surface area contributed by atoms with Crippen molar-refractivity contribution in [3.63, 3.8) is 0 Å². The van der Waals surface area contributed by atoms with Crippen LogP contribution in [0.3, 0.4) is 0 Å². The van der Waals surface area contributed by atoms with Crippen LogP contribution in [0.25, 0.3) is 0 Å². The van der Waals surface area contributed by atoms with Crippen LogP contribution in [0.15, 0.2) is 11.2 Å². The molecule has 0 aliphatic heterocycles. The van der Waals surface area contributed by atoms with Gasteiger partial charge >= 0.3 is 7.82 Å². The summed E-state index contributed by atoms with van der Waals surface area (Å²) >= 11 is 2.75. The Labute approximate surface area is 54.5 Å². The van der Waals surface area contributed by atoms with Crippen LogP contribution in [0.2, 0.25) is 0 Å². The predicted octanol–water partition coefficient (Wildman–Crippen LogP) is 0.962. The van der Waals surface area contributed by atoms with Crippen LogP contribution >= 0.6 is 23.8 Å². The van der Waals surface area contributed by atoms with E-state index in [1.54, 1.807) is 0 Å². The third-order valence-corrected chi connectivity index (χ3v) is 0.862. The molecule has 0 amide bonds. The Kier molecular flexibility index (Phi) is 3.31. The lowest BCUT2D eigenvalue weighted by atomic mass is 11.2. The minimum Gasteiger partial charge on any atom is -0.412 e. The monoisotopic (exact) mass is 202 g/mol. The van der Waals surface area contributed by atoms with Crippen molar-refractivity contribution in [2.24, 2.45) is 0 Å². The van der Waals surface area contributed by atoms with Crippen molar-refractivity contribution in [2.75, 3.05) is 0 Å². The van der Waals surface area contributed by atoms with Crippen molar-refractivity contribution in [2.45, 2.75) is 0 Å². The zero-order chi connectivity index (χ0) is 6.62. The van der Waals surface area contributed by atoms with E-state index in [2.05, 4.69) is 20.5 Å². The van der Waals surface area contributed by atoms with Gasteiger partial charge < -0.3 is 4.52 Å². The second-order valence-corrected chi connectivity index (χ2v) is 2.58. The van der Waals surface area contributed by atoms with Gasteiger partial charge in [-0.1, -0.05) is 15.9 Å². The number of halogens is 1. The van der Waals surface area contributed by atoms with Gasteiger partial charge in [-0.05, 0) is 0 Å². The Balaban J connectivity index is 3.57. The molecule has 0 fully saturated rings. The molecule has 0 heterocycles. The number of hydrogen-bond acceptors (Lipinski definition) is 2. The van der Waals surface area contributed by atoms with Gasteiger partial charge in [-0.15, -0.1) is 0 Å². The average molecular weight is 203 g/mol. The first kappa shape index (κ1) is 8.17. The summed E-state index contributed by atoms with van der Waals surface area (Å²) in [6.45, 7) is 0. The maximum Gasteiger partial charge on any atom is 0.524 e. The van der Waals surface area contributed by atoms with Crippen molar-refractivity contribution in [3.8, 4) is 0 Å². The molecule has 8 heavy (non-hydrogen) atoms. The third kappa shape index (κ3) is 6.17. The van der Waals surface area contributed by atoms with Crippen LogP contribution in [-0.4, -0.2) is 9.79 Å². The van der Waals surface area contributed by atoms with E-state index >= 15 is 0 Å². The molecule has 0 radical (unpaired) electrons. The molecule has 0 saturated heterocycles. The van der Waals surface area contributed by atoms with Crippen LogP contribution in [0.4, 0.5) is 0 Å². The second kappa shape index (κ2) is 3.25. The molecule has 0 saturated carbocycles. The van der Waals surface area contributed by atoms with Crippen LogP contribution in [0, 0.1) is 0 Å². The first-order chi connectivity index (χ1) is 3.56. The Morgan fingerprint density at radius 3 is 2.25 bits per heavy atom. The van der Waals surface area contributed by atoms with Gasteiger partial charge in [0.05, 0.1) is 0 Å². The van der Waals surface area contributed by atoms with E-state index in [0.717, 1.165) is 6.26 Å². The lowest BCUT2D eigenvalue weighted by Gasteiger charge is -1.97. The Morgan fingerprint density at radius 1 is 1.62 bits per heavy atom. The molecular formula is C2H4BrO4P. The highest BCUT2D eigenvalue weighted by atomic mass is 79.9. The molecule has 2 N–H and O–H groups in total. The number of hydrogen-bond donors (Lipinski definition) is 2. The average Bonchev–Trinajstić information content (AvgIpc) is 1.59. The maximum atomic E-state index is 9.79. The van der Waals surface area contributed by atoms with Gasteiger partial charge in [-0.3, -0.25) is 9.79 Å². The van der Waals surface area contributed by atoms with Crippen molar-refractivity contribution in [1.82, 2.24) is 0 Å². The second-order valence-electron chi connectivity index (χ2n) is 0.858. The van der Waals surface area contributed by atoms with Gasteiger partial charge in [0.2, 0.25) is 0 Å². The molecule has 0 aromatic heterocycles. The standard InChI is InChI=1S/C2H4BrO4P/c3-1-2-7-8(4,5)6/h1-2H,(H2,4,5,6). The first-order valence-electron chi connectivity index (χ1n) is 1.55. The minimum atomic E-state index is -4.30. The van der Waals surface area contributed by atoms with Crippen molar-refractivity contribution in [3.05, 3.63) is 11.2 Å². The summed E-state index contributed by atoms with van der Waals surface area (Å²) in [4.78, 5) is 17.1. The van der Waals surface area contributed by atoms with Crippen molar-refractivity contribution >= 4 is 23.8 Å². The molecule has 0 aliphatic carbocycles. The quantitative estimate of drug-likeness (QED) is 0.518. The van der Waals surface area contributed by atoms with Gasteiger partial charge in [0, 0.05) is 4.99 Å². The highest BCUT2D eigenvalue weighted by Crippen LogP contribution is 2.35.